The zero-order valence-corrected chi connectivity index (χ0v) is 26.1. The molecule has 43 heavy (non-hydrogen) atoms. The second kappa shape index (κ2) is 15.4. The van der Waals surface area contributed by atoms with Gasteiger partial charge in [-0.3, -0.25) is 13.9 Å². The van der Waals surface area contributed by atoms with Crippen LogP contribution >= 0.6 is 0 Å². The first-order valence-electron chi connectivity index (χ1n) is 14.2. The second-order valence-electron chi connectivity index (χ2n) is 10.1. The minimum absolute atomic E-state index is 0.0876. The number of ether oxygens (including phenoxy) is 2. The van der Waals surface area contributed by atoms with Crippen molar-refractivity contribution in [3.63, 3.8) is 0 Å². The number of hydrogen-bond acceptors (Lipinski definition) is 6. The second-order valence-corrected chi connectivity index (χ2v) is 11.9. The summed E-state index contributed by atoms with van der Waals surface area (Å²) in [6.45, 7) is 5.20. The lowest BCUT2D eigenvalue weighted by atomic mass is 10.1. The zero-order valence-electron chi connectivity index (χ0n) is 25.2. The predicted octanol–water partition coefficient (Wildman–Crippen LogP) is 4.80. The van der Waals surface area contributed by atoms with Gasteiger partial charge >= 0.3 is 0 Å². The summed E-state index contributed by atoms with van der Waals surface area (Å²) in [6.07, 6.45) is 1.49. The van der Waals surface area contributed by atoms with E-state index in [4.69, 9.17) is 9.47 Å². The number of benzene rings is 3. The molecule has 1 N–H and O–H groups in total. The Hall–Kier alpha value is -4.12. The van der Waals surface area contributed by atoms with Gasteiger partial charge in [-0.2, -0.15) is 0 Å². The summed E-state index contributed by atoms with van der Waals surface area (Å²) >= 11 is 0. The molecular formula is C32H40FN3O6S. The maximum absolute atomic E-state index is 14.1. The lowest BCUT2D eigenvalue weighted by Gasteiger charge is -2.33. The summed E-state index contributed by atoms with van der Waals surface area (Å²) in [6, 6.07) is 17.5. The number of rotatable bonds is 15. The summed E-state index contributed by atoms with van der Waals surface area (Å²) in [5.74, 6) is -0.928. The van der Waals surface area contributed by atoms with E-state index in [9.17, 15) is 22.4 Å². The maximum atomic E-state index is 14.1. The number of sulfonamides is 1. The SMILES string of the molecule is CC[C@@H](C)NC(=O)[C@H](CC)N(CCc1ccccc1)C(=O)CN(c1ccc(F)cc1)S(=O)(=O)c1ccc(OC)c(OC)c1. The highest BCUT2D eigenvalue weighted by Gasteiger charge is 2.34. The number of carbonyl (C=O) groups is 2. The monoisotopic (exact) mass is 613 g/mol. The van der Waals surface area contributed by atoms with E-state index in [1.807, 2.05) is 51.1 Å². The van der Waals surface area contributed by atoms with E-state index in [-0.39, 0.29) is 34.8 Å². The van der Waals surface area contributed by atoms with Crippen LogP contribution in [-0.2, 0) is 26.0 Å². The number of methoxy groups -OCH3 is 2. The lowest BCUT2D eigenvalue weighted by Crippen LogP contribution is -2.54. The van der Waals surface area contributed by atoms with Crippen LogP contribution in [0.2, 0.25) is 0 Å². The Morgan fingerprint density at radius 2 is 1.56 bits per heavy atom. The van der Waals surface area contributed by atoms with Crippen LogP contribution in [0.3, 0.4) is 0 Å². The molecule has 0 aliphatic carbocycles. The van der Waals surface area contributed by atoms with Crippen molar-refractivity contribution in [2.45, 2.75) is 57.0 Å². The van der Waals surface area contributed by atoms with Gasteiger partial charge in [0.1, 0.15) is 18.4 Å². The van der Waals surface area contributed by atoms with Gasteiger partial charge in [0.25, 0.3) is 10.0 Å². The van der Waals surface area contributed by atoms with Crippen molar-refractivity contribution in [1.82, 2.24) is 10.2 Å². The molecule has 232 valence electrons. The summed E-state index contributed by atoms with van der Waals surface area (Å²) in [5.41, 5.74) is 1.05. The van der Waals surface area contributed by atoms with E-state index in [2.05, 4.69) is 5.32 Å². The maximum Gasteiger partial charge on any atom is 0.264 e. The Labute approximate surface area is 253 Å². The summed E-state index contributed by atoms with van der Waals surface area (Å²) in [5, 5.41) is 2.95. The van der Waals surface area contributed by atoms with Crippen LogP contribution in [0, 0.1) is 5.82 Å². The third-order valence-corrected chi connectivity index (χ3v) is 8.98. The number of nitrogens with one attached hydrogen (secondary N) is 1. The van der Waals surface area contributed by atoms with E-state index >= 15 is 0 Å². The first-order chi connectivity index (χ1) is 20.5. The average molecular weight is 614 g/mol. The van der Waals surface area contributed by atoms with Crippen molar-refractivity contribution in [1.29, 1.82) is 0 Å². The van der Waals surface area contributed by atoms with E-state index in [1.165, 1.54) is 49.5 Å². The highest BCUT2D eigenvalue weighted by Crippen LogP contribution is 2.32. The summed E-state index contributed by atoms with van der Waals surface area (Å²) < 4.78 is 53.5. The van der Waals surface area contributed by atoms with Gasteiger partial charge in [0.05, 0.1) is 24.8 Å². The molecule has 9 nitrogen and oxygen atoms in total. The fourth-order valence-corrected chi connectivity index (χ4v) is 6.01. The smallest absolute Gasteiger partial charge is 0.264 e. The third-order valence-electron chi connectivity index (χ3n) is 7.21. The molecule has 0 unspecified atom stereocenters. The van der Waals surface area contributed by atoms with Gasteiger partial charge < -0.3 is 19.7 Å². The van der Waals surface area contributed by atoms with E-state index in [0.717, 1.165) is 22.0 Å². The molecular weight excluding hydrogens is 573 g/mol. The molecule has 0 fully saturated rings. The molecule has 0 radical (unpaired) electrons. The average Bonchev–Trinajstić information content (AvgIpc) is 3.02. The highest BCUT2D eigenvalue weighted by atomic mass is 32.2. The number of carbonyl (C=O) groups excluding carboxylic acids is 2. The first kappa shape index (κ1) is 33.4. The number of halogens is 1. The van der Waals surface area contributed by atoms with Crippen molar-refractivity contribution in [3.8, 4) is 11.5 Å². The molecule has 2 amide bonds. The van der Waals surface area contributed by atoms with Crippen LogP contribution in [0.15, 0.2) is 77.7 Å². The van der Waals surface area contributed by atoms with Crippen LogP contribution in [-0.4, -0.2) is 64.5 Å². The van der Waals surface area contributed by atoms with Gasteiger partial charge in [-0.25, -0.2) is 12.8 Å². The van der Waals surface area contributed by atoms with Crippen molar-refractivity contribution in [2.75, 3.05) is 31.6 Å². The molecule has 11 heteroatoms. The van der Waals surface area contributed by atoms with Crippen LogP contribution in [0.25, 0.3) is 0 Å². The highest BCUT2D eigenvalue weighted by molar-refractivity contribution is 7.92. The molecule has 0 heterocycles. The fraction of sp³-hybridized carbons (Fsp3) is 0.375. The topological polar surface area (TPSA) is 105 Å². The van der Waals surface area contributed by atoms with E-state index < -0.39 is 34.3 Å². The Kier molecular flexibility index (Phi) is 11.9. The van der Waals surface area contributed by atoms with Gasteiger partial charge in [0.2, 0.25) is 11.8 Å². The van der Waals surface area contributed by atoms with Crippen LogP contribution < -0.4 is 19.1 Å². The van der Waals surface area contributed by atoms with Crippen LogP contribution in [0.1, 0.15) is 39.2 Å². The van der Waals surface area contributed by atoms with Crippen molar-refractivity contribution >= 4 is 27.5 Å². The van der Waals surface area contributed by atoms with Gasteiger partial charge in [-0.15, -0.1) is 0 Å². The summed E-state index contributed by atoms with van der Waals surface area (Å²) in [7, 11) is -1.55. The number of anilines is 1. The minimum Gasteiger partial charge on any atom is -0.493 e. The normalized spacial score (nSPS) is 12.6. The molecule has 3 aromatic rings. The minimum atomic E-state index is -4.37. The third kappa shape index (κ3) is 8.47. The molecule has 2 atom stereocenters. The van der Waals surface area contributed by atoms with Gasteiger partial charge in [0.15, 0.2) is 11.5 Å². The van der Waals surface area contributed by atoms with Crippen LogP contribution in [0.4, 0.5) is 10.1 Å². The molecule has 3 aromatic carbocycles. The Bertz CT molecular complexity index is 1470. The standard InChI is InChI=1S/C32H40FN3O6S/c1-6-23(3)34-32(38)28(7-2)35(20-19-24-11-9-8-10-12-24)31(37)22-36(26-15-13-25(33)14-16-26)43(39,40)27-17-18-29(41-4)30(21-27)42-5/h8-18,21,23,28H,6-7,19-20,22H2,1-5H3,(H,34,38)/t23-,28+/m1/s1. The molecule has 0 bridgehead atoms. The fourth-order valence-electron chi connectivity index (χ4n) is 4.58. The Balaban J connectivity index is 2.05. The molecule has 0 spiro atoms. The van der Waals surface area contributed by atoms with Crippen molar-refractivity contribution < 1.29 is 31.9 Å². The molecule has 3 rings (SSSR count). The molecule has 0 aliphatic heterocycles. The lowest BCUT2D eigenvalue weighted by molar-refractivity contribution is -0.139. The quantitative estimate of drug-likeness (QED) is 0.264. The van der Waals surface area contributed by atoms with E-state index in [1.54, 1.807) is 0 Å². The number of nitrogens with zero attached hydrogens (tertiary/aromatic N) is 2. The molecule has 0 saturated carbocycles. The number of hydrogen-bond donors (Lipinski definition) is 1. The van der Waals surface area contributed by atoms with E-state index in [0.29, 0.717) is 25.0 Å². The zero-order chi connectivity index (χ0) is 31.6. The molecule has 0 aromatic heterocycles. The van der Waals surface area contributed by atoms with Gasteiger partial charge in [-0.1, -0.05) is 44.2 Å². The van der Waals surface area contributed by atoms with Crippen molar-refractivity contribution in [2.24, 2.45) is 0 Å². The molecule has 0 saturated heterocycles. The largest absolute Gasteiger partial charge is 0.493 e. The first-order valence-corrected chi connectivity index (χ1v) is 15.6. The summed E-state index contributed by atoms with van der Waals surface area (Å²) in [4.78, 5) is 28.7. The number of amides is 2. The Morgan fingerprint density at radius 3 is 2.14 bits per heavy atom. The Morgan fingerprint density at radius 1 is 0.907 bits per heavy atom. The van der Waals surface area contributed by atoms with Crippen molar-refractivity contribution in [3.05, 3.63) is 84.2 Å². The molecule has 0 aliphatic rings. The van der Waals surface area contributed by atoms with Gasteiger partial charge in [-0.05, 0) is 68.1 Å². The van der Waals surface area contributed by atoms with Gasteiger partial charge in [0, 0.05) is 18.7 Å². The van der Waals surface area contributed by atoms with Crippen LogP contribution in [0.5, 0.6) is 11.5 Å². The predicted molar refractivity (Wildman–Crippen MR) is 164 cm³/mol.